The third-order valence-corrected chi connectivity index (χ3v) is 4.80. The van der Waals surface area contributed by atoms with Crippen LogP contribution in [-0.2, 0) is 0 Å². The maximum absolute atomic E-state index is 6.23. The Balaban J connectivity index is 1.55. The summed E-state index contributed by atoms with van der Waals surface area (Å²) in [6.07, 6.45) is 5.67. The summed E-state index contributed by atoms with van der Waals surface area (Å²) in [6, 6.07) is 21.2. The van der Waals surface area contributed by atoms with Gasteiger partial charge in [-0.2, -0.15) is 0 Å². The molecule has 5 heteroatoms. The summed E-state index contributed by atoms with van der Waals surface area (Å²) in [5.41, 5.74) is 4.14. The van der Waals surface area contributed by atoms with Crippen molar-refractivity contribution in [2.24, 2.45) is 4.99 Å². The molecule has 0 saturated heterocycles. The molecule has 0 aliphatic rings. The molecule has 132 valence electrons. The first-order valence-electron chi connectivity index (χ1n) is 8.31. The zero-order chi connectivity index (χ0) is 18.6. The van der Waals surface area contributed by atoms with Gasteiger partial charge < -0.3 is 4.42 Å². The first-order valence-corrected chi connectivity index (χ1v) is 9.48. The first kappa shape index (κ1) is 17.7. The van der Waals surface area contributed by atoms with Gasteiger partial charge in [-0.25, -0.2) is 4.98 Å². The topological polar surface area (TPSA) is 38.4 Å². The van der Waals surface area contributed by atoms with Crippen molar-refractivity contribution in [3.05, 3.63) is 87.9 Å². The van der Waals surface area contributed by atoms with E-state index in [4.69, 9.17) is 16.0 Å². The number of aromatic nitrogens is 1. The number of benzene rings is 3. The Bertz CT molecular complexity index is 1150. The monoisotopic (exact) mass is 436 g/mol. The third kappa shape index (κ3) is 4.18. The summed E-state index contributed by atoms with van der Waals surface area (Å²) in [5, 5.41) is 0.611. The Morgan fingerprint density at radius 1 is 1.00 bits per heavy atom. The van der Waals surface area contributed by atoms with Gasteiger partial charge in [0.1, 0.15) is 5.52 Å². The van der Waals surface area contributed by atoms with Crippen LogP contribution in [0.15, 0.2) is 86.7 Å². The molecule has 0 radical (unpaired) electrons. The lowest BCUT2D eigenvalue weighted by Crippen LogP contribution is -1.77. The maximum atomic E-state index is 6.23. The molecule has 1 heterocycles. The van der Waals surface area contributed by atoms with Crippen LogP contribution in [-0.4, -0.2) is 11.2 Å². The number of hydrogen-bond donors (Lipinski definition) is 0. The molecule has 0 aliphatic carbocycles. The predicted octanol–water partition coefficient (Wildman–Crippen LogP) is 7.33. The summed E-state index contributed by atoms with van der Waals surface area (Å²) in [4.78, 5) is 9.00. The summed E-state index contributed by atoms with van der Waals surface area (Å²) in [7, 11) is 0. The van der Waals surface area contributed by atoms with Crippen molar-refractivity contribution in [1.82, 2.24) is 4.98 Å². The molecule has 0 N–H and O–H groups in total. The van der Waals surface area contributed by atoms with Crippen molar-refractivity contribution in [3.8, 4) is 11.5 Å². The minimum Gasteiger partial charge on any atom is -0.436 e. The quantitative estimate of drug-likeness (QED) is 0.314. The van der Waals surface area contributed by atoms with Crippen LogP contribution in [0.4, 0.5) is 5.69 Å². The van der Waals surface area contributed by atoms with Gasteiger partial charge in [0.15, 0.2) is 5.58 Å². The molecule has 3 aromatic carbocycles. The minimum absolute atomic E-state index is 0.506. The van der Waals surface area contributed by atoms with Crippen LogP contribution in [0.2, 0.25) is 5.02 Å². The van der Waals surface area contributed by atoms with Gasteiger partial charge in [0.25, 0.3) is 0 Å². The van der Waals surface area contributed by atoms with Crippen molar-refractivity contribution < 1.29 is 4.42 Å². The zero-order valence-corrected chi connectivity index (χ0v) is 16.5. The fourth-order valence-corrected chi connectivity index (χ4v) is 3.08. The molecule has 0 saturated carbocycles. The largest absolute Gasteiger partial charge is 0.436 e. The Morgan fingerprint density at radius 3 is 2.63 bits per heavy atom. The number of oxazole rings is 1. The van der Waals surface area contributed by atoms with E-state index in [9.17, 15) is 0 Å². The van der Waals surface area contributed by atoms with Gasteiger partial charge in [0.2, 0.25) is 5.89 Å². The molecule has 4 aromatic rings. The van der Waals surface area contributed by atoms with Crippen molar-refractivity contribution in [2.45, 2.75) is 0 Å². The van der Waals surface area contributed by atoms with E-state index in [1.807, 2.05) is 78.9 Å². The second-order valence-electron chi connectivity index (χ2n) is 5.84. The van der Waals surface area contributed by atoms with Gasteiger partial charge >= 0.3 is 0 Å². The summed E-state index contributed by atoms with van der Waals surface area (Å²) in [6.45, 7) is 0. The van der Waals surface area contributed by atoms with E-state index in [-0.39, 0.29) is 0 Å². The number of nitrogens with zero attached hydrogens (tertiary/aromatic N) is 2. The van der Waals surface area contributed by atoms with Crippen LogP contribution in [0, 0.1) is 0 Å². The predicted molar refractivity (Wildman–Crippen MR) is 116 cm³/mol. The second kappa shape index (κ2) is 7.91. The van der Waals surface area contributed by atoms with Crippen LogP contribution < -0.4 is 0 Å². The fourth-order valence-electron chi connectivity index (χ4n) is 2.60. The number of rotatable bonds is 4. The van der Waals surface area contributed by atoms with E-state index in [1.54, 1.807) is 6.21 Å². The average molecular weight is 438 g/mol. The van der Waals surface area contributed by atoms with E-state index in [0.717, 1.165) is 26.8 Å². The SMILES string of the molecule is Clc1ccccc1-c1nc2cc(N=CC=Cc3ccc(Br)cc3)ccc2o1. The normalized spacial score (nSPS) is 11.8. The fraction of sp³-hybridized carbons (Fsp3) is 0. The molecule has 1 aromatic heterocycles. The van der Waals surface area contributed by atoms with Crippen molar-refractivity contribution in [1.29, 1.82) is 0 Å². The molecule has 3 nitrogen and oxygen atoms in total. The third-order valence-electron chi connectivity index (χ3n) is 3.94. The highest BCUT2D eigenvalue weighted by Gasteiger charge is 2.11. The Hall–Kier alpha value is -2.69. The van der Waals surface area contributed by atoms with E-state index in [1.165, 1.54) is 0 Å². The van der Waals surface area contributed by atoms with Gasteiger partial charge in [-0.3, -0.25) is 4.99 Å². The number of hydrogen-bond acceptors (Lipinski definition) is 3. The number of fused-ring (bicyclic) bond motifs is 1. The van der Waals surface area contributed by atoms with Crippen LogP contribution in [0.5, 0.6) is 0 Å². The number of allylic oxidation sites excluding steroid dienone is 1. The van der Waals surface area contributed by atoms with Crippen LogP contribution >= 0.6 is 27.5 Å². The first-order chi connectivity index (χ1) is 13.2. The molecule has 0 aliphatic heterocycles. The number of aliphatic imine (C=N–C) groups is 1. The average Bonchev–Trinajstić information content (AvgIpc) is 3.10. The van der Waals surface area contributed by atoms with E-state index >= 15 is 0 Å². The second-order valence-corrected chi connectivity index (χ2v) is 7.16. The molecule has 0 unspecified atom stereocenters. The lowest BCUT2D eigenvalue weighted by Gasteiger charge is -1.96. The van der Waals surface area contributed by atoms with Gasteiger partial charge in [-0.1, -0.05) is 57.9 Å². The molecule has 0 fully saturated rings. The highest BCUT2D eigenvalue weighted by atomic mass is 79.9. The Morgan fingerprint density at radius 2 is 1.81 bits per heavy atom. The van der Waals surface area contributed by atoms with Crippen molar-refractivity contribution in [2.75, 3.05) is 0 Å². The minimum atomic E-state index is 0.506. The molecule has 0 bridgehead atoms. The van der Waals surface area contributed by atoms with E-state index in [0.29, 0.717) is 16.5 Å². The smallest absolute Gasteiger partial charge is 0.228 e. The van der Waals surface area contributed by atoms with Gasteiger partial charge in [-0.05, 0) is 54.1 Å². The van der Waals surface area contributed by atoms with Crippen molar-refractivity contribution >= 4 is 56.6 Å². The van der Waals surface area contributed by atoms with Crippen LogP contribution in [0.3, 0.4) is 0 Å². The van der Waals surface area contributed by atoms with Crippen LogP contribution in [0.1, 0.15) is 5.56 Å². The molecular formula is C22H14BrClN2O. The highest BCUT2D eigenvalue weighted by molar-refractivity contribution is 9.10. The molecule has 0 spiro atoms. The number of halogens is 2. The summed E-state index contributed by atoms with van der Waals surface area (Å²) >= 11 is 9.65. The lowest BCUT2D eigenvalue weighted by atomic mass is 10.2. The molecule has 0 amide bonds. The Labute approximate surface area is 170 Å². The van der Waals surface area contributed by atoms with Crippen LogP contribution in [0.25, 0.3) is 28.6 Å². The molecule has 4 rings (SSSR count). The Kier molecular flexibility index (Phi) is 5.19. The molecule has 0 atom stereocenters. The van der Waals surface area contributed by atoms with Gasteiger partial charge in [0.05, 0.1) is 16.3 Å². The van der Waals surface area contributed by atoms with Gasteiger partial charge in [0, 0.05) is 10.7 Å². The zero-order valence-electron chi connectivity index (χ0n) is 14.1. The highest BCUT2D eigenvalue weighted by Crippen LogP contribution is 2.31. The summed E-state index contributed by atoms with van der Waals surface area (Å²) in [5.74, 6) is 0.506. The van der Waals surface area contributed by atoms with E-state index in [2.05, 4.69) is 25.9 Å². The summed E-state index contributed by atoms with van der Waals surface area (Å²) < 4.78 is 6.88. The standard InChI is InChI=1S/C22H14BrClN2O/c23-16-9-7-15(8-10-16)4-3-13-25-17-11-12-21-20(14-17)26-22(27-21)18-5-1-2-6-19(18)24/h1-14H. The maximum Gasteiger partial charge on any atom is 0.228 e. The van der Waals surface area contributed by atoms with E-state index < -0.39 is 0 Å². The lowest BCUT2D eigenvalue weighted by molar-refractivity contribution is 0.620. The van der Waals surface area contributed by atoms with Gasteiger partial charge in [-0.15, -0.1) is 0 Å². The van der Waals surface area contributed by atoms with Crippen molar-refractivity contribution in [3.63, 3.8) is 0 Å². The molecular weight excluding hydrogens is 424 g/mol. The molecule has 27 heavy (non-hydrogen) atoms.